The standard InChI is InChI=1S/C14H22N2/c1-9-6-5-7-16-12-11(15-13(9)16)10(2)8-14(12,3)4/h9-10H,5-8H2,1-4H3. The molecular weight excluding hydrogens is 196 g/mol. The van der Waals surface area contributed by atoms with E-state index in [0.29, 0.717) is 17.3 Å². The summed E-state index contributed by atoms with van der Waals surface area (Å²) in [6.07, 6.45) is 3.89. The lowest BCUT2D eigenvalue weighted by Crippen LogP contribution is -2.23. The maximum absolute atomic E-state index is 4.95. The van der Waals surface area contributed by atoms with Gasteiger partial charge in [0.1, 0.15) is 5.82 Å². The van der Waals surface area contributed by atoms with Crippen molar-refractivity contribution in [3.8, 4) is 0 Å². The van der Waals surface area contributed by atoms with Crippen molar-refractivity contribution < 1.29 is 0 Å². The Kier molecular flexibility index (Phi) is 2.02. The molecule has 0 spiro atoms. The van der Waals surface area contributed by atoms with Crippen LogP contribution in [0.4, 0.5) is 0 Å². The lowest BCUT2D eigenvalue weighted by atomic mass is 9.88. The summed E-state index contributed by atoms with van der Waals surface area (Å²) in [6.45, 7) is 10.6. The van der Waals surface area contributed by atoms with E-state index in [1.165, 1.54) is 37.3 Å². The van der Waals surface area contributed by atoms with Crippen molar-refractivity contribution in [1.29, 1.82) is 0 Å². The van der Waals surface area contributed by atoms with Gasteiger partial charge in [0.05, 0.1) is 5.69 Å². The zero-order chi connectivity index (χ0) is 11.5. The van der Waals surface area contributed by atoms with Crippen LogP contribution in [0.25, 0.3) is 0 Å². The van der Waals surface area contributed by atoms with E-state index >= 15 is 0 Å². The molecule has 2 atom stereocenters. The monoisotopic (exact) mass is 218 g/mol. The van der Waals surface area contributed by atoms with E-state index < -0.39 is 0 Å². The molecule has 0 bridgehead atoms. The number of nitrogens with zero attached hydrogens (tertiary/aromatic N) is 2. The van der Waals surface area contributed by atoms with Gasteiger partial charge in [-0.2, -0.15) is 0 Å². The number of fused-ring (bicyclic) bond motifs is 3. The maximum Gasteiger partial charge on any atom is 0.112 e. The van der Waals surface area contributed by atoms with E-state index in [0.717, 1.165) is 0 Å². The Hall–Kier alpha value is -0.790. The smallest absolute Gasteiger partial charge is 0.112 e. The Labute approximate surface area is 98.1 Å². The van der Waals surface area contributed by atoms with Crippen LogP contribution in [0.1, 0.15) is 76.0 Å². The van der Waals surface area contributed by atoms with Crippen LogP contribution in [0.3, 0.4) is 0 Å². The van der Waals surface area contributed by atoms with Crippen LogP contribution >= 0.6 is 0 Å². The molecule has 16 heavy (non-hydrogen) atoms. The van der Waals surface area contributed by atoms with Gasteiger partial charge in [0.2, 0.25) is 0 Å². The van der Waals surface area contributed by atoms with Gasteiger partial charge >= 0.3 is 0 Å². The Balaban J connectivity index is 2.20. The molecule has 1 aromatic heterocycles. The molecule has 2 aliphatic rings. The molecule has 0 fully saturated rings. The molecule has 0 aromatic carbocycles. The molecule has 2 heterocycles. The second-order valence-corrected chi connectivity index (χ2v) is 6.39. The molecule has 0 saturated heterocycles. The SMILES string of the molecule is CC1CC(C)(C)c2c1nc1n2CCCC1C. The fourth-order valence-electron chi connectivity index (χ4n) is 3.79. The maximum atomic E-state index is 4.95. The summed E-state index contributed by atoms with van der Waals surface area (Å²) in [5.41, 5.74) is 3.27. The highest BCUT2D eigenvalue weighted by Gasteiger charge is 2.41. The van der Waals surface area contributed by atoms with Crippen molar-refractivity contribution in [3.63, 3.8) is 0 Å². The predicted octanol–water partition coefficient (Wildman–Crippen LogP) is 3.57. The van der Waals surface area contributed by atoms with E-state index in [-0.39, 0.29) is 0 Å². The second-order valence-electron chi connectivity index (χ2n) is 6.39. The molecule has 2 heteroatoms. The molecule has 88 valence electrons. The van der Waals surface area contributed by atoms with Crippen molar-refractivity contribution in [1.82, 2.24) is 9.55 Å². The molecule has 2 unspecified atom stereocenters. The first kappa shape index (κ1) is 10.4. The van der Waals surface area contributed by atoms with Crippen LogP contribution in [0.2, 0.25) is 0 Å². The van der Waals surface area contributed by atoms with Crippen LogP contribution < -0.4 is 0 Å². The van der Waals surface area contributed by atoms with Gasteiger partial charge in [-0.1, -0.05) is 27.7 Å². The Morgan fingerprint density at radius 2 is 2.00 bits per heavy atom. The summed E-state index contributed by atoms with van der Waals surface area (Å²) in [5, 5.41) is 0. The van der Waals surface area contributed by atoms with Gasteiger partial charge in [-0.05, 0) is 19.3 Å². The van der Waals surface area contributed by atoms with Crippen LogP contribution in [0.5, 0.6) is 0 Å². The van der Waals surface area contributed by atoms with Crippen LogP contribution in [-0.2, 0) is 12.0 Å². The lowest BCUT2D eigenvalue weighted by Gasteiger charge is -2.27. The van der Waals surface area contributed by atoms with Crippen molar-refractivity contribution >= 4 is 0 Å². The van der Waals surface area contributed by atoms with Gasteiger partial charge in [0.15, 0.2) is 0 Å². The first-order valence-electron chi connectivity index (χ1n) is 6.61. The Bertz CT molecular complexity index is 428. The van der Waals surface area contributed by atoms with Gasteiger partial charge in [-0.25, -0.2) is 4.98 Å². The van der Waals surface area contributed by atoms with Crippen LogP contribution in [0.15, 0.2) is 0 Å². The quantitative estimate of drug-likeness (QED) is 0.651. The Morgan fingerprint density at radius 1 is 1.25 bits per heavy atom. The second kappa shape index (κ2) is 3.12. The van der Waals surface area contributed by atoms with E-state index in [1.54, 1.807) is 5.69 Å². The average Bonchev–Trinajstić information content (AvgIpc) is 2.66. The largest absolute Gasteiger partial charge is 0.331 e. The minimum Gasteiger partial charge on any atom is -0.331 e. The van der Waals surface area contributed by atoms with Gasteiger partial charge in [0, 0.05) is 29.5 Å². The third-order valence-corrected chi connectivity index (χ3v) is 4.41. The van der Waals surface area contributed by atoms with Crippen molar-refractivity contribution in [2.75, 3.05) is 0 Å². The average molecular weight is 218 g/mol. The van der Waals surface area contributed by atoms with Gasteiger partial charge in [0.25, 0.3) is 0 Å². The molecule has 0 saturated carbocycles. The summed E-state index contributed by atoms with van der Waals surface area (Å²) in [6, 6.07) is 0. The lowest BCUT2D eigenvalue weighted by molar-refractivity contribution is 0.402. The molecular formula is C14H22N2. The number of rotatable bonds is 0. The minimum absolute atomic E-state index is 0.330. The van der Waals surface area contributed by atoms with Crippen LogP contribution in [-0.4, -0.2) is 9.55 Å². The molecule has 0 N–H and O–H groups in total. The highest BCUT2D eigenvalue weighted by Crippen LogP contribution is 2.47. The van der Waals surface area contributed by atoms with Crippen molar-refractivity contribution in [3.05, 3.63) is 17.2 Å². The summed E-state index contributed by atoms with van der Waals surface area (Å²) < 4.78 is 2.53. The Morgan fingerprint density at radius 3 is 2.75 bits per heavy atom. The normalized spacial score (nSPS) is 31.2. The predicted molar refractivity (Wildman–Crippen MR) is 65.9 cm³/mol. The van der Waals surface area contributed by atoms with Gasteiger partial charge in [-0.3, -0.25) is 0 Å². The number of aromatic nitrogens is 2. The highest BCUT2D eigenvalue weighted by atomic mass is 15.1. The molecule has 3 rings (SSSR count). The molecule has 0 radical (unpaired) electrons. The van der Waals surface area contributed by atoms with E-state index in [1.807, 2.05) is 0 Å². The third-order valence-electron chi connectivity index (χ3n) is 4.41. The first-order chi connectivity index (χ1) is 7.50. The molecule has 1 aromatic rings. The van der Waals surface area contributed by atoms with E-state index in [2.05, 4.69) is 32.3 Å². The minimum atomic E-state index is 0.330. The highest BCUT2D eigenvalue weighted by molar-refractivity contribution is 5.35. The first-order valence-corrected chi connectivity index (χ1v) is 6.61. The molecule has 2 nitrogen and oxygen atoms in total. The summed E-state index contributed by atoms with van der Waals surface area (Å²) >= 11 is 0. The zero-order valence-electron chi connectivity index (χ0n) is 10.9. The fourth-order valence-corrected chi connectivity index (χ4v) is 3.79. The van der Waals surface area contributed by atoms with Crippen molar-refractivity contribution in [2.45, 2.75) is 70.8 Å². The zero-order valence-corrected chi connectivity index (χ0v) is 10.9. The van der Waals surface area contributed by atoms with Crippen LogP contribution in [0, 0.1) is 0 Å². The summed E-state index contributed by atoms with van der Waals surface area (Å²) in [7, 11) is 0. The van der Waals surface area contributed by atoms with Gasteiger partial charge in [-0.15, -0.1) is 0 Å². The summed E-state index contributed by atoms with van der Waals surface area (Å²) in [5.74, 6) is 2.66. The molecule has 1 aliphatic carbocycles. The van der Waals surface area contributed by atoms with Gasteiger partial charge < -0.3 is 4.57 Å². The summed E-state index contributed by atoms with van der Waals surface area (Å²) in [4.78, 5) is 4.95. The van der Waals surface area contributed by atoms with E-state index in [4.69, 9.17) is 4.98 Å². The molecule has 0 amide bonds. The van der Waals surface area contributed by atoms with E-state index in [9.17, 15) is 0 Å². The topological polar surface area (TPSA) is 17.8 Å². The number of imidazole rings is 1. The number of hydrogen-bond acceptors (Lipinski definition) is 1. The van der Waals surface area contributed by atoms with Crippen molar-refractivity contribution in [2.24, 2.45) is 0 Å². The number of hydrogen-bond donors (Lipinski definition) is 0. The molecule has 1 aliphatic heterocycles. The third kappa shape index (κ3) is 1.22. The fraction of sp³-hybridized carbons (Fsp3) is 0.786.